The molecule has 0 radical (unpaired) electrons. The van der Waals surface area contributed by atoms with Crippen molar-refractivity contribution in [2.75, 3.05) is 11.9 Å². The summed E-state index contributed by atoms with van der Waals surface area (Å²) in [6.07, 6.45) is 1.59. The zero-order valence-electron chi connectivity index (χ0n) is 12.8. The third-order valence-corrected chi connectivity index (χ3v) is 4.39. The molecule has 3 rings (SSSR count). The van der Waals surface area contributed by atoms with Crippen molar-refractivity contribution >= 4 is 38.3 Å². The second kappa shape index (κ2) is 7.55. The van der Waals surface area contributed by atoms with Gasteiger partial charge in [0, 0.05) is 21.6 Å². The van der Waals surface area contributed by atoms with E-state index in [1.165, 1.54) is 11.3 Å². The number of thiazole rings is 1. The molecule has 0 saturated heterocycles. The van der Waals surface area contributed by atoms with Gasteiger partial charge in [-0.15, -0.1) is 11.3 Å². The molecule has 0 spiro atoms. The van der Waals surface area contributed by atoms with Crippen LogP contribution in [0, 0.1) is 0 Å². The molecule has 5 nitrogen and oxygen atoms in total. The molecular formula is C17H14BrN3O2S. The van der Waals surface area contributed by atoms with Crippen LogP contribution in [0.2, 0.25) is 0 Å². The van der Waals surface area contributed by atoms with Crippen molar-refractivity contribution in [1.29, 1.82) is 0 Å². The lowest BCUT2D eigenvalue weighted by Gasteiger charge is -2.07. The lowest BCUT2D eigenvalue weighted by molar-refractivity contribution is 0.102. The summed E-state index contributed by atoms with van der Waals surface area (Å²) in [5, 5.41) is 5.23. The molecule has 1 N–H and O–H groups in total. The molecule has 0 aliphatic rings. The Balaban J connectivity index is 1.79. The Morgan fingerprint density at radius 3 is 3.00 bits per heavy atom. The first-order chi connectivity index (χ1) is 11.7. The van der Waals surface area contributed by atoms with E-state index in [1.54, 1.807) is 18.3 Å². The summed E-state index contributed by atoms with van der Waals surface area (Å²) >= 11 is 4.82. The fraction of sp³-hybridized carbons (Fsp3) is 0.118. The molecule has 0 bridgehead atoms. The van der Waals surface area contributed by atoms with E-state index in [2.05, 4.69) is 31.2 Å². The fourth-order valence-corrected chi connectivity index (χ4v) is 3.21. The van der Waals surface area contributed by atoms with Gasteiger partial charge >= 0.3 is 0 Å². The van der Waals surface area contributed by atoms with Crippen molar-refractivity contribution in [3.8, 4) is 17.1 Å². The first-order valence-electron chi connectivity index (χ1n) is 7.28. The highest BCUT2D eigenvalue weighted by atomic mass is 79.9. The summed E-state index contributed by atoms with van der Waals surface area (Å²) in [5.74, 6) is 0.0305. The van der Waals surface area contributed by atoms with E-state index in [9.17, 15) is 4.79 Å². The average molecular weight is 404 g/mol. The lowest BCUT2D eigenvalue weighted by atomic mass is 10.2. The zero-order valence-corrected chi connectivity index (χ0v) is 15.2. The van der Waals surface area contributed by atoms with Gasteiger partial charge in [-0.25, -0.2) is 9.97 Å². The number of halogens is 1. The summed E-state index contributed by atoms with van der Waals surface area (Å²) in [7, 11) is 0. The number of anilines is 1. The number of carbonyl (C=O) groups is 1. The van der Waals surface area contributed by atoms with Gasteiger partial charge in [0.25, 0.3) is 5.91 Å². The van der Waals surface area contributed by atoms with Crippen molar-refractivity contribution in [3.63, 3.8) is 0 Å². The summed E-state index contributed by atoms with van der Waals surface area (Å²) in [6.45, 7) is 2.29. The van der Waals surface area contributed by atoms with Crippen molar-refractivity contribution in [2.45, 2.75) is 6.92 Å². The molecule has 0 saturated carbocycles. The average Bonchev–Trinajstić information content (AvgIpc) is 3.04. The van der Waals surface area contributed by atoms with Crippen LogP contribution >= 0.6 is 27.3 Å². The molecule has 3 aromatic rings. The number of ether oxygens (including phenoxy) is 1. The van der Waals surface area contributed by atoms with Crippen molar-refractivity contribution in [2.24, 2.45) is 0 Å². The Bertz CT molecular complexity index is 866. The minimum absolute atomic E-state index is 0.290. The number of benzene rings is 1. The molecular weight excluding hydrogens is 390 g/mol. The molecule has 2 aromatic heterocycles. The summed E-state index contributed by atoms with van der Waals surface area (Å²) < 4.78 is 6.37. The molecule has 122 valence electrons. The largest absolute Gasteiger partial charge is 0.477 e. The molecule has 0 fully saturated rings. The van der Waals surface area contributed by atoms with E-state index < -0.39 is 0 Å². The molecule has 2 heterocycles. The van der Waals surface area contributed by atoms with E-state index in [0.29, 0.717) is 23.2 Å². The highest BCUT2D eigenvalue weighted by Gasteiger charge is 2.15. The normalized spacial score (nSPS) is 10.4. The van der Waals surface area contributed by atoms with Crippen LogP contribution in [0.15, 0.2) is 52.4 Å². The number of amides is 1. The van der Waals surface area contributed by atoms with Gasteiger partial charge in [-0.3, -0.25) is 10.1 Å². The van der Waals surface area contributed by atoms with E-state index in [4.69, 9.17) is 4.74 Å². The number of rotatable bonds is 5. The maximum Gasteiger partial charge on any atom is 0.262 e. The molecule has 1 amide bonds. The summed E-state index contributed by atoms with van der Waals surface area (Å²) in [5.41, 5.74) is 2.18. The van der Waals surface area contributed by atoms with Gasteiger partial charge < -0.3 is 4.74 Å². The minimum Gasteiger partial charge on any atom is -0.477 e. The number of nitrogens with zero attached hydrogens (tertiary/aromatic N) is 2. The van der Waals surface area contributed by atoms with Crippen LogP contribution in [0.4, 0.5) is 5.13 Å². The number of hydrogen-bond acceptors (Lipinski definition) is 5. The zero-order chi connectivity index (χ0) is 16.9. The van der Waals surface area contributed by atoms with Crippen LogP contribution < -0.4 is 10.1 Å². The van der Waals surface area contributed by atoms with Gasteiger partial charge in [0.2, 0.25) is 5.88 Å². The first-order valence-corrected chi connectivity index (χ1v) is 8.95. The van der Waals surface area contributed by atoms with Gasteiger partial charge in [-0.05, 0) is 31.2 Å². The van der Waals surface area contributed by atoms with Crippen LogP contribution in [0.3, 0.4) is 0 Å². The SMILES string of the molecule is CCOc1ncccc1C(=O)Nc1nc(-c2cccc(Br)c2)cs1. The van der Waals surface area contributed by atoms with Crippen molar-refractivity contribution in [3.05, 3.63) is 58.0 Å². The second-order valence-corrected chi connectivity index (χ2v) is 6.57. The number of nitrogens with one attached hydrogen (secondary N) is 1. The minimum atomic E-state index is -0.290. The molecule has 0 aliphatic heterocycles. The quantitative estimate of drug-likeness (QED) is 0.674. The van der Waals surface area contributed by atoms with E-state index >= 15 is 0 Å². The maximum atomic E-state index is 12.4. The Morgan fingerprint density at radius 1 is 1.33 bits per heavy atom. The topological polar surface area (TPSA) is 64.1 Å². The fourth-order valence-electron chi connectivity index (χ4n) is 2.09. The van der Waals surface area contributed by atoms with Crippen LogP contribution in [0.5, 0.6) is 5.88 Å². The van der Waals surface area contributed by atoms with Crippen LogP contribution in [-0.4, -0.2) is 22.5 Å². The number of aromatic nitrogens is 2. The number of hydrogen-bond donors (Lipinski definition) is 1. The number of pyridine rings is 1. The van der Waals surface area contributed by atoms with Gasteiger partial charge in [-0.1, -0.05) is 28.1 Å². The lowest BCUT2D eigenvalue weighted by Crippen LogP contribution is -2.14. The molecule has 0 aliphatic carbocycles. The Hall–Kier alpha value is -2.25. The van der Waals surface area contributed by atoms with E-state index in [0.717, 1.165) is 15.7 Å². The standard InChI is InChI=1S/C17H14BrN3O2S/c1-2-23-16-13(7-4-8-19-16)15(22)21-17-20-14(10-24-17)11-5-3-6-12(18)9-11/h3-10H,2H2,1H3,(H,20,21,22). The second-order valence-electron chi connectivity index (χ2n) is 4.79. The van der Waals surface area contributed by atoms with Crippen molar-refractivity contribution < 1.29 is 9.53 Å². The van der Waals surface area contributed by atoms with Crippen molar-refractivity contribution in [1.82, 2.24) is 9.97 Å². The molecule has 0 unspecified atom stereocenters. The first kappa shape index (κ1) is 16.6. The highest BCUT2D eigenvalue weighted by Crippen LogP contribution is 2.27. The Morgan fingerprint density at radius 2 is 2.21 bits per heavy atom. The third-order valence-electron chi connectivity index (χ3n) is 3.14. The third kappa shape index (κ3) is 3.80. The van der Waals surface area contributed by atoms with Gasteiger partial charge in [0.15, 0.2) is 5.13 Å². The molecule has 0 atom stereocenters. The Kier molecular flexibility index (Phi) is 5.22. The Labute approximate surface area is 151 Å². The summed E-state index contributed by atoms with van der Waals surface area (Å²) in [6, 6.07) is 11.2. The van der Waals surface area contributed by atoms with Crippen LogP contribution in [0.25, 0.3) is 11.3 Å². The molecule has 24 heavy (non-hydrogen) atoms. The van der Waals surface area contributed by atoms with E-state index in [1.807, 2.05) is 36.6 Å². The highest BCUT2D eigenvalue weighted by molar-refractivity contribution is 9.10. The predicted octanol–water partition coefficient (Wildman–Crippen LogP) is 4.62. The van der Waals surface area contributed by atoms with Crippen LogP contribution in [-0.2, 0) is 0 Å². The predicted molar refractivity (Wildman–Crippen MR) is 98.6 cm³/mol. The smallest absolute Gasteiger partial charge is 0.262 e. The van der Waals surface area contributed by atoms with Gasteiger partial charge in [0.05, 0.1) is 12.3 Å². The monoisotopic (exact) mass is 403 g/mol. The maximum absolute atomic E-state index is 12.4. The van der Waals surface area contributed by atoms with E-state index in [-0.39, 0.29) is 5.91 Å². The molecule has 7 heteroatoms. The number of carbonyl (C=O) groups excluding carboxylic acids is 1. The molecule has 1 aromatic carbocycles. The van der Waals surface area contributed by atoms with Crippen LogP contribution in [0.1, 0.15) is 17.3 Å². The van der Waals surface area contributed by atoms with Gasteiger partial charge in [0.1, 0.15) is 5.56 Å². The summed E-state index contributed by atoms with van der Waals surface area (Å²) in [4.78, 5) is 21.0. The van der Waals surface area contributed by atoms with Gasteiger partial charge in [-0.2, -0.15) is 0 Å².